The Morgan fingerprint density at radius 2 is 2.43 bits per heavy atom. The van der Waals surface area contributed by atoms with Crippen molar-refractivity contribution in [2.75, 3.05) is 6.67 Å². The lowest BCUT2D eigenvalue weighted by atomic mass is 9.92. The van der Waals surface area contributed by atoms with Crippen LogP contribution in [0.2, 0.25) is 0 Å². The van der Waals surface area contributed by atoms with E-state index in [1.165, 1.54) is 6.08 Å². The zero-order chi connectivity index (χ0) is 10.8. The summed E-state index contributed by atoms with van der Waals surface area (Å²) in [6.45, 7) is -1.25. The third kappa shape index (κ3) is 1.90. The average molecular weight is 204 g/mol. The van der Waals surface area contributed by atoms with Crippen molar-refractivity contribution < 1.29 is 18.7 Å². The first-order chi connectivity index (χ1) is 6.52. The Kier molecular flexibility index (Phi) is 2.85. The maximum Gasteiger partial charge on any atom is 0.337 e. The number of nitrogens with one attached hydrogen (secondary N) is 1. The van der Waals surface area contributed by atoms with Crippen LogP contribution in [0.1, 0.15) is 6.42 Å². The van der Waals surface area contributed by atoms with Crippen LogP contribution in [0.3, 0.4) is 0 Å². The van der Waals surface area contributed by atoms with Crippen molar-refractivity contribution in [1.82, 2.24) is 5.43 Å². The van der Waals surface area contributed by atoms with Gasteiger partial charge in [0.25, 0.3) is 0 Å². The lowest BCUT2D eigenvalue weighted by Gasteiger charge is -2.22. The molecule has 1 atom stereocenters. The number of aliphatic carboxylic acids is 1. The highest BCUT2D eigenvalue weighted by Gasteiger charge is 2.33. The van der Waals surface area contributed by atoms with Crippen LogP contribution < -0.4 is 11.3 Å². The van der Waals surface area contributed by atoms with Gasteiger partial charge in [-0.2, -0.15) is 0 Å². The molecule has 0 radical (unpaired) electrons. The number of carboxylic acids is 1. The quantitative estimate of drug-likeness (QED) is 0.460. The van der Waals surface area contributed by atoms with Gasteiger partial charge in [0.15, 0.2) is 5.67 Å². The summed E-state index contributed by atoms with van der Waals surface area (Å²) >= 11 is 0. The SMILES string of the molecule is NNC1=CCC(F)(CF)C=C1C(=O)O. The molecule has 1 aliphatic carbocycles. The Morgan fingerprint density at radius 1 is 1.79 bits per heavy atom. The number of rotatable bonds is 3. The number of carboxylic acid groups (broad SMARTS) is 1. The lowest BCUT2D eigenvalue weighted by Crippen LogP contribution is -2.33. The van der Waals surface area contributed by atoms with E-state index in [0.717, 1.165) is 6.08 Å². The first-order valence-electron chi connectivity index (χ1n) is 3.90. The van der Waals surface area contributed by atoms with Gasteiger partial charge < -0.3 is 10.5 Å². The minimum Gasteiger partial charge on any atom is -0.478 e. The summed E-state index contributed by atoms with van der Waals surface area (Å²) in [5.74, 6) is 3.68. The van der Waals surface area contributed by atoms with Crippen LogP contribution in [0, 0.1) is 0 Å². The van der Waals surface area contributed by atoms with Crippen molar-refractivity contribution in [3.63, 3.8) is 0 Å². The van der Waals surface area contributed by atoms with Crippen LogP contribution in [0.5, 0.6) is 0 Å². The molecule has 0 fully saturated rings. The molecule has 4 N–H and O–H groups in total. The molecule has 1 rings (SSSR count). The van der Waals surface area contributed by atoms with Gasteiger partial charge in [-0.3, -0.25) is 5.84 Å². The molecule has 0 bridgehead atoms. The standard InChI is InChI=1S/C8H10F2N2O2/c9-4-8(10)2-1-6(12-11)5(3-8)7(13)14/h1,3,12H,2,4,11H2,(H,13,14). The zero-order valence-corrected chi connectivity index (χ0v) is 7.26. The molecule has 1 aliphatic rings. The van der Waals surface area contributed by atoms with E-state index in [2.05, 4.69) is 5.43 Å². The minimum atomic E-state index is -2.23. The molecular formula is C8H10F2N2O2. The zero-order valence-electron chi connectivity index (χ0n) is 7.26. The Balaban J connectivity index is 3.03. The number of hydrogen-bond donors (Lipinski definition) is 3. The molecule has 0 aromatic carbocycles. The molecule has 78 valence electrons. The van der Waals surface area contributed by atoms with Crippen LogP contribution in [-0.2, 0) is 4.79 Å². The lowest BCUT2D eigenvalue weighted by molar-refractivity contribution is -0.132. The molecule has 0 saturated heterocycles. The van der Waals surface area contributed by atoms with Gasteiger partial charge in [-0.1, -0.05) is 6.08 Å². The first kappa shape index (κ1) is 10.6. The number of carbonyl (C=O) groups is 1. The molecule has 0 amide bonds. The second-order valence-electron chi connectivity index (χ2n) is 3.00. The van der Waals surface area contributed by atoms with E-state index < -0.39 is 18.3 Å². The third-order valence-electron chi connectivity index (χ3n) is 1.95. The molecular weight excluding hydrogens is 194 g/mol. The van der Waals surface area contributed by atoms with E-state index in [1.807, 2.05) is 0 Å². The Bertz CT molecular complexity index is 314. The molecule has 0 aromatic rings. The number of hydrazine groups is 1. The molecule has 0 spiro atoms. The number of nitrogens with two attached hydrogens (primary N) is 1. The van der Waals surface area contributed by atoms with Gasteiger partial charge in [0.2, 0.25) is 0 Å². The largest absolute Gasteiger partial charge is 0.478 e. The fraction of sp³-hybridized carbons (Fsp3) is 0.375. The Labute approximate surface area is 79.1 Å². The Hall–Kier alpha value is -1.43. The number of allylic oxidation sites excluding steroid dienone is 2. The van der Waals surface area contributed by atoms with Crippen LogP contribution in [0.15, 0.2) is 23.4 Å². The highest BCUT2D eigenvalue weighted by Crippen LogP contribution is 2.28. The van der Waals surface area contributed by atoms with Gasteiger partial charge in [0.1, 0.15) is 6.67 Å². The monoisotopic (exact) mass is 204 g/mol. The maximum absolute atomic E-state index is 13.4. The number of alkyl halides is 2. The first-order valence-corrected chi connectivity index (χ1v) is 3.90. The van der Waals surface area contributed by atoms with Crippen molar-refractivity contribution in [2.24, 2.45) is 5.84 Å². The summed E-state index contributed by atoms with van der Waals surface area (Å²) in [7, 11) is 0. The van der Waals surface area contributed by atoms with Gasteiger partial charge >= 0.3 is 5.97 Å². The van der Waals surface area contributed by atoms with Crippen molar-refractivity contribution in [1.29, 1.82) is 0 Å². The Morgan fingerprint density at radius 3 is 2.86 bits per heavy atom. The topological polar surface area (TPSA) is 75.3 Å². The summed E-state index contributed by atoms with van der Waals surface area (Å²) in [4.78, 5) is 10.6. The summed E-state index contributed by atoms with van der Waals surface area (Å²) in [5, 5.41) is 8.67. The molecule has 0 saturated carbocycles. The normalized spacial score (nSPS) is 26.5. The maximum atomic E-state index is 13.4. The number of hydrogen-bond acceptors (Lipinski definition) is 3. The van der Waals surface area contributed by atoms with Crippen molar-refractivity contribution >= 4 is 5.97 Å². The predicted molar refractivity (Wildman–Crippen MR) is 45.6 cm³/mol. The number of halogens is 2. The smallest absolute Gasteiger partial charge is 0.337 e. The van der Waals surface area contributed by atoms with E-state index in [1.54, 1.807) is 0 Å². The van der Waals surface area contributed by atoms with Crippen LogP contribution in [0.25, 0.3) is 0 Å². The van der Waals surface area contributed by atoms with E-state index in [-0.39, 0.29) is 17.7 Å². The minimum absolute atomic E-state index is 0.0965. The van der Waals surface area contributed by atoms with Gasteiger partial charge in [-0.25, -0.2) is 13.6 Å². The second-order valence-corrected chi connectivity index (χ2v) is 3.00. The van der Waals surface area contributed by atoms with E-state index >= 15 is 0 Å². The molecule has 1 unspecified atom stereocenters. The predicted octanol–water partition coefficient (Wildman–Crippen LogP) is 0.426. The molecule has 14 heavy (non-hydrogen) atoms. The van der Waals surface area contributed by atoms with Gasteiger partial charge in [-0.05, 0) is 6.08 Å². The fourth-order valence-electron chi connectivity index (χ4n) is 1.18. The highest BCUT2D eigenvalue weighted by molar-refractivity contribution is 5.92. The van der Waals surface area contributed by atoms with E-state index in [9.17, 15) is 13.6 Å². The van der Waals surface area contributed by atoms with E-state index in [0.29, 0.717) is 0 Å². The fourth-order valence-corrected chi connectivity index (χ4v) is 1.18. The van der Waals surface area contributed by atoms with Crippen LogP contribution in [-0.4, -0.2) is 23.4 Å². The molecule has 4 nitrogen and oxygen atoms in total. The second kappa shape index (κ2) is 3.75. The average Bonchev–Trinajstić information content (AvgIpc) is 2.18. The van der Waals surface area contributed by atoms with Crippen LogP contribution >= 0.6 is 0 Å². The summed E-state index contributed by atoms with van der Waals surface area (Å²) in [6.07, 6.45) is 1.74. The van der Waals surface area contributed by atoms with E-state index in [4.69, 9.17) is 10.9 Å². The third-order valence-corrected chi connectivity index (χ3v) is 1.95. The van der Waals surface area contributed by atoms with Crippen molar-refractivity contribution in [3.8, 4) is 0 Å². The molecule has 6 heteroatoms. The van der Waals surface area contributed by atoms with Gasteiger partial charge in [0, 0.05) is 6.42 Å². The van der Waals surface area contributed by atoms with Crippen molar-refractivity contribution in [3.05, 3.63) is 23.4 Å². The van der Waals surface area contributed by atoms with Gasteiger partial charge in [0.05, 0.1) is 11.3 Å². The summed E-state index contributed by atoms with van der Waals surface area (Å²) in [6, 6.07) is 0. The van der Waals surface area contributed by atoms with Gasteiger partial charge in [-0.15, -0.1) is 0 Å². The molecule has 0 aromatic heterocycles. The molecule has 0 aliphatic heterocycles. The van der Waals surface area contributed by atoms with Crippen molar-refractivity contribution in [2.45, 2.75) is 12.1 Å². The summed E-state index contributed by atoms with van der Waals surface area (Å²) < 4.78 is 25.6. The summed E-state index contributed by atoms with van der Waals surface area (Å²) in [5.41, 5.74) is -0.360. The van der Waals surface area contributed by atoms with Crippen LogP contribution in [0.4, 0.5) is 8.78 Å². The molecule has 0 heterocycles. The highest BCUT2D eigenvalue weighted by atomic mass is 19.2.